The van der Waals surface area contributed by atoms with Gasteiger partial charge in [-0.25, -0.2) is 4.39 Å². The first kappa shape index (κ1) is 19.0. The van der Waals surface area contributed by atoms with E-state index in [1.807, 2.05) is 18.2 Å². The van der Waals surface area contributed by atoms with Crippen molar-refractivity contribution in [2.24, 2.45) is 0 Å². The third kappa shape index (κ3) is 4.68. The van der Waals surface area contributed by atoms with Gasteiger partial charge in [0.1, 0.15) is 5.82 Å². The Bertz CT molecular complexity index is 875. The van der Waals surface area contributed by atoms with Gasteiger partial charge < -0.3 is 19.7 Å². The summed E-state index contributed by atoms with van der Waals surface area (Å²) in [6, 6.07) is 9.05. The van der Waals surface area contributed by atoms with Crippen molar-refractivity contribution in [3.8, 4) is 11.5 Å². The smallest absolute Gasteiger partial charge is 0.252 e. The molecule has 0 fully saturated rings. The van der Waals surface area contributed by atoms with Crippen molar-refractivity contribution in [2.75, 3.05) is 20.4 Å². The lowest BCUT2D eigenvalue weighted by atomic mass is 10.2. The van der Waals surface area contributed by atoms with Crippen LogP contribution in [0.15, 0.2) is 36.4 Å². The minimum absolute atomic E-state index is 0.0266. The Morgan fingerprint density at radius 2 is 1.96 bits per heavy atom. The standard InChI is InChI=1S/C19H18ClFN2O4/c1-23(10-12-2-5-16-17(8-12)27-11-26-16)18(24)6-7-22-19(25)14-4-3-13(21)9-15(14)20/h2-5,8-9H,6-7,10-11H2,1H3,(H,22,25). The SMILES string of the molecule is CN(Cc1ccc2c(c1)OCO2)C(=O)CCNC(=O)c1ccc(F)cc1Cl. The zero-order valence-electron chi connectivity index (χ0n) is 14.6. The minimum atomic E-state index is -0.517. The van der Waals surface area contributed by atoms with E-state index >= 15 is 0 Å². The number of carbonyl (C=O) groups excluding carboxylic acids is 2. The first-order chi connectivity index (χ1) is 12.9. The average molecular weight is 393 g/mol. The second kappa shape index (κ2) is 8.26. The van der Waals surface area contributed by atoms with E-state index in [-0.39, 0.29) is 36.3 Å². The molecule has 2 aromatic rings. The van der Waals surface area contributed by atoms with Crippen LogP contribution in [0.1, 0.15) is 22.3 Å². The summed E-state index contributed by atoms with van der Waals surface area (Å²) in [4.78, 5) is 25.9. The third-order valence-corrected chi connectivity index (χ3v) is 4.40. The van der Waals surface area contributed by atoms with Gasteiger partial charge in [-0.2, -0.15) is 0 Å². The highest BCUT2D eigenvalue weighted by Crippen LogP contribution is 2.32. The third-order valence-electron chi connectivity index (χ3n) is 4.08. The van der Waals surface area contributed by atoms with Gasteiger partial charge in [0.15, 0.2) is 11.5 Å². The summed E-state index contributed by atoms with van der Waals surface area (Å²) in [7, 11) is 1.69. The molecule has 0 saturated heterocycles. The van der Waals surface area contributed by atoms with Crippen molar-refractivity contribution >= 4 is 23.4 Å². The Morgan fingerprint density at radius 3 is 2.74 bits per heavy atom. The molecule has 3 rings (SSSR count). The van der Waals surface area contributed by atoms with Gasteiger partial charge in [-0.05, 0) is 35.9 Å². The number of amides is 2. The predicted molar refractivity (Wildman–Crippen MR) is 97.4 cm³/mol. The number of halogens is 2. The Kier molecular flexibility index (Phi) is 5.81. The molecule has 0 atom stereocenters. The Labute approximate surface area is 160 Å². The normalized spacial score (nSPS) is 12.0. The van der Waals surface area contributed by atoms with Crippen molar-refractivity contribution < 1.29 is 23.5 Å². The van der Waals surface area contributed by atoms with Gasteiger partial charge in [0, 0.05) is 26.6 Å². The molecule has 1 aliphatic heterocycles. The summed E-state index contributed by atoms with van der Waals surface area (Å²) >= 11 is 5.85. The van der Waals surface area contributed by atoms with E-state index in [4.69, 9.17) is 21.1 Å². The molecule has 0 bridgehead atoms. The molecule has 2 aromatic carbocycles. The number of nitrogens with zero attached hydrogens (tertiary/aromatic N) is 1. The molecule has 6 nitrogen and oxygen atoms in total. The molecule has 0 spiro atoms. The highest BCUT2D eigenvalue weighted by atomic mass is 35.5. The molecule has 1 N–H and O–H groups in total. The van der Waals surface area contributed by atoms with E-state index in [9.17, 15) is 14.0 Å². The molecule has 8 heteroatoms. The maximum atomic E-state index is 13.0. The van der Waals surface area contributed by atoms with E-state index in [1.165, 1.54) is 6.07 Å². The molecule has 0 aromatic heterocycles. The lowest BCUT2D eigenvalue weighted by Crippen LogP contribution is -2.32. The van der Waals surface area contributed by atoms with Crippen LogP contribution < -0.4 is 14.8 Å². The molecule has 2 amide bonds. The van der Waals surface area contributed by atoms with Gasteiger partial charge in [-0.3, -0.25) is 9.59 Å². The van der Waals surface area contributed by atoms with Crippen LogP contribution in [0.3, 0.4) is 0 Å². The summed E-state index contributed by atoms with van der Waals surface area (Å²) in [6.07, 6.45) is 0.131. The van der Waals surface area contributed by atoms with Gasteiger partial charge in [-0.15, -0.1) is 0 Å². The van der Waals surface area contributed by atoms with Crippen molar-refractivity contribution in [3.05, 3.63) is 58.4 Å². The van der Waals surface area contributed by atoms with Crippen LogP contribution in [0.2, 0.25) is 5.02 Å². The maximum absolute atomic E-state index is 13.0. The van der Waals surface area contributed by atoms with Crippen LogP contribution >= 0.6 is 11.6 Å². The van der Waals surface area contributed by atoms with Crippen molar-refractivity contribution in [1.82, 2.24) is 10.2 Å². The van der Waals surface area contributed by atoms with E-state index in [0.29, 0.717) is 18.0 Å². The van der Waals surface area contributed by atoms with Crippen LogP contribution in [0.4, 0.5) is 4.39 Å². The quantitative estimate of drug-likeness (QED) is 0.820. The van der Waals surface area contributed by atoms with Gasteiger partial charge in [0.25, 0.3) is 5.91 Å². The lowest BCUT2D eigenvalue weighted by Gasteiger charge is -2.17. The fraction of sp³-hybridized carbons (Fsp3) is 0.263. The maximum Gasteiger partial charge on any atom is 0.252 e. The summed E-state index contributed by atoms with van der Waals surface area (Å²) in [6.45, 7) is 0.759. The van der Waals surface area contributed by atoms with Gasteiger partial charge in [0.05, 0.1) is 10.6 Å². The number of benzene rings is 2. The van der Waals surface area contributed by atoms with Crippen LogP contribution in [-0.2, 0) is 11.3 Å². The molecule has 0 radical (unpaired) electrons. The van der Waals surface area contributed by atoms with E-state index in [1.54, 1.807) is 11.9 Å². The molecule has 27 heavy (non-hydrogen) atoms. The molecule has 1 aliphatic rings. The molecule has 142 valence electrons. The molecular weight excluding hydrogens is 375 g/mol. The molecule has 0 saturated carbocycles. The predicted octanol–water partition coefficient (Wildman–Crippen LogP) is 2.99. The van der Waals surface area contributed by atoms with Crippen LogP contribution in [0.5, 0.6) is 11.5 Å². The van der Waals surface area contributed by atoms with Crippen molar-refractivity contribution in [1.29, 1.82) is 0 Å². The fourth-order valence-corrected chi connectivity index (χ4v) is 2.90. The Morgan fingerprint density at radius 1 is 1.19 bits per heavy atom. The number of carbonyl (C=O) groups is 2. The zero-order valence-corrected chi connectivity index (χ0v) is 15.4. The van der Waals surface area contributed by atoms with Crippen LogP contribution in [0.25, 0.3) is 0 Å². The lowest BCUT2D eigenvalue weighted by molar-refractivity contribution is -0.130. The van der Waals surface area contributed by atoms with Gasteiger partial charge >= 0.3 is 0 Å². The molecular formula is C19H18ClFN2O4. The number of hydrogen-bond acceptors (Lipinski definition) is 4. The van der Waals surface area contributed by atoms with Crippen LogP contribution in [-0.4, -0.2) is 37.1 Å². The summed E-state index contributed by atoms with van der Waals surface area (Å²) in [5.74, 6) is 0.257. The number of fused-ring (bicyclic) bond motifs is 1. The highest BCUT2D eigenvalue weighted by Gasteiger charge is 2.16. The molecule has 1 heterocycles. The van der Waals surface area contributed by atoms with E-state index in [0.717, 1.165) is 17.7 Å². The first-order valence-electron chi connectivity index (χ1n) is 8.30. The second-order valence-electron chi connectivity index (χ2n) is 6.07. The summed E-state index contributed by atoms with van der Waals surface area (Å²) in [5, 5.41) is 2.64. The summed E-state index contributed by atoms with van der Waals surface area (Å²) < 4.78 is 23.6. The van der Waals surface area contributed by atoms with Crippen molar-refractivity contribution in [3.63, 3.8) is 0 Å². The van der Waals surface area contributed by atoms with Crippen molar-refractivity contribution in [2.45, 2.75) is 13.0 Å². The average Bonchev–Trinajstić information content (AvgIpc) is 3.09. The highest BCUT2D eigenvalue weighted by molar-refractivity contribution is 6.33. The summed E-state index contributed by atoms with van der Waals surface area (Å²) in [5.41, 5.74) is 1.08. The number of rotatable bonds is 6. The largest absolute Gasteiger partial charge is 0.454 e. The second-order valence-corrected chi connectivity index (χ2v) is 6.47. The number of nitrogens with one attached hydrogen (secondary N) is 1. The molecule has 0 aliphatic carbocycles. The molecule has 0 unspecified atom stereocenters. The van der Waals surface area contributed by atoms with Gasteiger partial charge in [-0.1, -0.05) is 17.7 Å². The van der Waals surface area contributed by atoms with E-state index < -0.39 is 11.7 Å². The monoisotopic (exact) mass is 392 g/mol. The first-order valence-corrected chi connectivity index (χ1v) is 8.67. The van der Waals surface area contributed by atoms with E-state index in [2.05, 4.69) is 5.32 Å². The Balaban J connectivity index is 1.48. The van der Waals surface area contributed by atoms with Gasteiger partial charge in [0.2, 0.25) is 12.7 Å². The zero-order chi connectivity index (χ0) is 19.4. The fourth-order valence-electron chi connectivity index (χ4n) is 2.64. The number of ether oxygens (including phenoxy) is 2. The topological polar surface area (TPSA) is 67.9 Å². The Hall–Kier alpha value is -2.80. The van der Waals surface area contributed by atoms with Crippen LogP contribution in [0, 0.1) is 5.82 Å². The minimum Gasteiger partial charge on any atom is -0.454 e. The number of hydrogen-bond donors (Lipinski definition) is 1.